The summed E-state index contributed by atoms with van der Waals surface area (Å²) in [6, 6.07) is 13.2. The van der Waals surface area contributed by atoms with Crippen LogP contribution in [0.2, 0.25) is 10.0 Å². The molecule has 1 heterocycles. The predicted molar refractivity (Wildman–Crippen MR) is 112 cm³/mol. The van der Waals surface area contributed by atoms with Gasteiger partial charge >= 0.3 is 0 Å². The van der Waals surface area contributed by atoms with Gasteiger partial charge in [-0.25, -0.2) is 0 Å². The van der Waals surface area contributed by atoms with E-state index >= 15 is 0 Å². The lowest BCUT2D eigenvalue weighted by Gasteiger charge is -2.26. The number of benzene rings is 2. The molecule has 0 aliphatic carbocycles. The number of ether oxygens (including phenoxy) is 2. The van der Waals surface area contributed by atoms with Crippen molar-refractivity contribution in [2.45, 2.75) is 19.4 Å². The van der Waals surface area contributed by atoms with Crippen LogP contribution in [0, 0.1) is 0 Å². The molecular weight excluding hydrogens is 399 g/mol. The van der Waals surface area contributed by atoms with Crippen molar-refractivity contribution in [3.05, 3.63) is 58.1 Å². The number of rotatable bonds is 8. The number of halogens is 2. The van der Waals surface area contributed by atoms with Crippen LogP contribution < -0.4 is 10.1 Å². The number of anilines is 1. The second kappa shape index (κ2) is 10.7. The predicted octanol–water partition coefficient (Wildman–Crippen LogP) is 4.62. The summed E-state index contributed by atoms with van der Waals surface area (Å²) in [5.74, 6) is 0.495. The minimum absolute atomic E-state index is 0.0377. The first-order valence-electron chi connectivity index (χ1n) is 9.37. The fraction of sp³-hybridized carbons (Fsp3) is 0.381. The second-order valence-corrected chi connectivity index (χ2v) is 7.43. The van der Waals surface area contributed by atoms with Gasteiger partial charge in [0.05, 0.1) is 24.8 Å². The average molecular weight is 423 g/mol. The Morgan fingerprint density at radius 3 is 2.75 bits per heavy atom. The van der Waals surface area contributed by atoms with E-state index in [1.165, 1.54) is 5.56 Å². The third kappa shape index (κ3) is 6.38. The lowest BCUT2D eigenvalue weighted by atomic mass is 10.1. The smallest absolute Gasteiger partial charge is 0.224 e. The van der Waals surface area contributed by atoms with Crippen LogP contribution in [0.4, 0.5) is 5.69 Å². The maximum atomic E-state index is 12.2. The zero-order valence-electron chi connectivity index (χ0n) is 15.6. The Labute approximate surface area is 175 Å². The average Bonchev–Trinajstić information content (AvgIpc) is 2.69. The van der Waals surface area contributed by atoms with E-state index in [1.807, 2.05) is 18.2 Å². The molecule has 1 fully saturated rings. The number of carbonyl (C=O) groups excluding carboxylic acids is 1. The molecule has 28 heavy (non-hydrogen) atoms. The number of morpholine rings is 1. The molecule has 0 radical (unpaired) electrons. The molecule has 1 aliphatic rings. The third-order valence-electron chi connectivity index (χ3n) is 4.44. The lowest BCUT2D eigenvalue weighted by Crippen LogP contribution is -2.35. The fourth-order valence-corrected chi connectivity index (χ4v) is 3.35. The Balaban J connectivity index is 1.42. The SMILES string of the molecule is O=C(CCCOc1cccc(Cl)c1Cl)Nc1cccc(CN2CCOCC2)c1. The maximum absolute atomic E-state index is 12.2. The molecule has 0 spiro atoms. The molecule has 0 aromatic heterocycles. The molecule has 150 valence electrons. The number of nitrogens with zero attached hydrogens (tertiary/aromatic N) is 1. The Hall–Kier alpha value is -1.79. The molecule has 0 atom stereocenters. The molecule has 0 unspecified atom stereocenters. The van der Waals surface area contributed by atoms with Gasteiger partial charge in [-0.05, 0) is 36.2 Å². The standard InChI is InChI=1S/C21H24Cl2N2O3/c22-18-6-2-7-19(21(18)23)28-11-3-8-20(26)24-17-5-1-4-16(14-17)15-25-9-12-27-13-10-25/h1-2,4-7,14H,3,8-13,15H2,(H,24,26). The summed E-state index contributed by atoms with van der Waals surface area (Å²) in [6.07, 6.45) is 0.952. The fourth-order valence-electron chi connectivity index (χ4n) is 3.00. The van der Waals surface area contributed by atoms with Crippen LogP contribution in [0.25, 0.3) is 0 Å². The lowest BCUT2D eigenvalue weighted by molar-refractivity contribution is -0.116. The number of nitrogens with one attached hydrogen (secondary N) is 1. The van der Waals surface area contributed by atoms with Crippen LogP contribution in [0.1, 0.15) is 18.4 Å². The van der Waals surface area contributed by atoms with Gasteiger partial charge in [0.1, 0.15) is 10.8 Å². The number of carbonyl (C=O) groups is 1. The minimum atomic E-state index is -0.0377. The van der Waals surface area contributed by atoms with E-state index in [-0.39, 0.29) is 5.91 Å². The van der Waals surface area contributed by atoms with Crippen LogP contribution >= 0.6 is 23.2 Å². The summed E-state index contributed by atoms with van der Waals surface area (Å²) in [5.41, 5.74) is 1.99. The van der Waals surface area contributed by atoms with E-state index in [1.54, 1.807) is 18.2 Å². The van der Waals surface area contributed by atoms with Crippen molar-refractivity contribution in [1.82, 2.24) is 4.90 Å². The van der Waals surface area contributed by atoms with Crippen molar-refractivity contribution in [2.24, 2.45) is 0 Å². The largest absolute Gasteiger partial charge is 0.492 e. The normalized spacial score (nSPS) is 14.6. The molecule has 7 heteroatoms. The topological polar surface area (TPSA) is 50.8 Å². The third-order valence-corrected chi connectivity index (χ3v) is 5.24. The van der Waals surface area contributed by atoms with Gasteiger partial charge in [0.25, 0.3) is 0 Å². The van der Waals surface area contributed by atoms with Gasteiger partial charge in [0.15, 0.2) is 0 Å². The molecule has 1 amide bonds. The summed E-state index contributed by atoms with van der Waals surface area (Å²) in [7, 11) is 0. The highest BCUT2D eigenvalue weighted by Crippen LogP contribution is 2.31. The van der Waals surface area contributed by atoms with Gasteiger partial charge in [0.2, 0.25) is 5.91 Å². The molecule has 2 aromatic rings. The highest BCUT2D eigenvalue weighted by molar-refractivity contribution is 6.42. The first kappa shape index (κ1) is 20.9. The number of hydrogen-bond donors (Lipinski definition) is 1. The van der Waals surface area contributed by atoms with Crippen molar-refractivity contribution in [3.8, 4) is 5.75 Å². The highest BCUT2D eigenvalue weighted by Gasteiger charge is 2.11. The van der Waals surface area contributed by atoms with Gasteiger partial charge in [0, 0.05) is 31.7 Å². The Morgan fingerprint density at radius 1 is 1.14 bits per heavy atom. The monoisotopic (exact) mass is 422 g/mol. The Morgan fingerprint density at radius 2 is 1.93 bits per heavy atom. The van der Waals surface area contributed by atoms with Gasteiger partial charge in [-0.3, -0.25) is 9.69 Å². The zero-order valence-corrected chi connectivity index (χ0v) is 17.1. The maximum Gasteiger partial charge on any atom is 0.224 e. The van der Waals surface area contributed by atoms with E-state index in [0.29, 0.717) is 35.2 Å². The van der Waals surface area contributed by atoms with Crippen molar-refractivity contribution in [2.75, 3.05) is 38.2 Å². The zero-order chi connectivity index (χ0) is 19.8. The van der Waals surface area contributed by atoms with Crippen LogP contribution in [-0.4, -0.2) is 43.7 Å². The first-order chi connectivity index (χ1) is 13.6. The van der Waals surface area contributed by atoms with Crippen molar-refractivity contribution in [3.63, 3.8) is 0 Å². The van der Waals surface area contributed by atoms with Crippen LogP contribution in [0.5, 0.6) is 5.75 Å². The van der Waals surface area contributed by atoms with E-state index in [0.717, 1.165) is 38.5 Å². The van der Waals surface area contributed by atoms with Crippen molar-refractivity contribution >= 4 is 34.8 Å². The quantitative estimate of drug-likeness (QED) is 0.630. The number of amides is 1. The van der Waals surface area contributed by atoms with Gasteiger partial charge in [-0.1, -0.05) is 41.4 Å². The van der Waals surface area contributed by atoms with Crippen LogP contribution in [0.3, 0.4) is 0 Å². The van der Waals surface area contributed by atoms with E-state index in [2.05, 4.69) is 16.3 Å². The second-order valence-electron chi connectivity index (χ2n) is 6.64. The summed E-state index contributed by atoms with van der Waals surface area (Å²) in [6.45, 7) is 4.68. The summed E-state index contributed by atoms with van der Waals surface area (Å²) < 4.78 is 11.0. The molecule has 0 saturated carbocycles. The molecule has 1 N–H and O–H groups in total. The Kier molecular flexibility index (Phi) is 7.98. The molecule has 1 saturated heterocycles. The summed E-state index contributed by atoms with van der Waals surface area (Å²) in [4.78, 5) is 14.6. The minimum Gasteiger partial charge on any atom is -0.492 e. The first-order valence-corrected chi connectivity index (χ1v) is 10.1. The summed E-state index contributed by atoms with van der Waals surface area (Å²) in [5, 5.41) is 3.80. The molecular formula is C21H24Cl2N2O3. The van der Waals surface area contributed by atoms with E-state index < -0.39 is 0 Å². The van der Waals surface area contributed by atoms with E-state index in [9.17, 15) is 4.79 Å². The molecule has 1 aliphatic heterocycles. The van der Waals surface area contributed by atoms with Crippen molar-refractivity contribution < 1.29 is 14.3 Å². The summed E-state index contributed by atoms with van der Waals surface area (Å²) >= 11 is 12.0. The van der Waals surface area contributed by atoms with Crippen molar-refractivity contribution in [1.29, 1.82) is 0 Å². The van der Waals surface area contributed by atoms with Gasteiger partial charge in [-0.2, -0.15) is 0 Å². The number of hydrogen-bond acceptors (Lipinski definition) is 4. The molecule has 2 aromatic carbocycles. The van der Waals surface area contributed by atoms with Gasteiger partial charge < -0.3 is 14.8 Å². The highest BCUT2D eigenvalue weighted by atomic mass is 35.5. The molecule has 0 bridgehead atoms. The molecule has 3 rings (SSSR count). The van der Waals surface area contributed by atoms with Crippen LogP contribution in [-0.2, 0) is 16.1 Å². The van der Waals surface area contributed by atoms with Gasteiger partial charge in [-0.15, -0.1) is 0 Å². The Bertz CT molecular complexity index is 795. The molecule has 5 nitrogen and oxygen atoms in total. The van der Waals surface area contributed by atoms with E-state index in [4.69, 9.17) is 32.7 Å². The van der Waals surface area contributed by atoms with Crippen LogP contribution in [0.15, 0.2) is 42.5 Å².